The van der Waals surface area contributed by atoms with Crippen molar-refractivity contribution in [1.82, 2.24) is 89.2 Å². The largest absolute Gasteiger partial charge is 0.478 e. The molecule has 4 saturated heterocycles. The number of amides is 9. The highest BCUT2D eigenvalue weighted by Gasteiger charge is 2.57. The number of carboxylic acids is 3. The van der Waals surface area contributed by atoms with Gasteiger partial charge in [-0.1, -0.05) is 133 Å². The number of rotatable bonds is 29. The lowest BCUT2D eigenvalue weighted by Gasteiger charge is -2.25. The third kappa shape index (κ3) is 21.5. The molecule has 12 unspecified atom stereocenters. The molecule has 716 valence electrons. The van der Waals surface area contributed by atoms with Crippen molar-refractivity contribution in [3.63, 3.8) is 0 Å². The Morgan fingerprint density at radius 1 is 0.406 bits per heavy atom. The van der Waals surface area contributed by atoms with E-state index in [1.165, 1.54) is 72.5 Å². The number of carbonyl (C=O) groups excluding carboxylic acids is 6. The summed E-state index contributed by atoms with van der Waals surface area (Å²) in [5, 5.41) is 44.7. The molecule has 15 atom stereocenters. The molecule has 18 rings (SSSR count). The molecule has 0 radical (unpaired) electrons. The minimum atomic E-state index is -1.33. The van der Waals surface area contributed by atoms with E-state index >= 15 is 0 Å². The van der Waals surface area contributed by atoms with Gasteiger partial charge in [-0.15, -0.1) is 0 Å². The number of hydrogen-bond acceptors (Lipinski definition) is 25. The van der Waals surface area contributed by atoms with Crippen molar-refractivity contribution in [1.29, 1.82) is 0 Å². The maximum atomic E-state index is 14.6. The van der Waals surface area contributed by atoms with Crippen LogP contribution in [0.1, 0.15) is 123 Å². The van der Waals surface area contributed by atoms with Crippen LogP contribution < -0.4 is 31.9 Å². The van der Waals surface area contributed by atoms with E-state index < -0.39 is 128 Å². The number of nitrogens with zero attached hydrogens (tertiary/aromatic N) is 15. The van der Waals surface area contributed by atoms with Crippen LogP contribution in [0.3, 0.4) is 0 Å². The van der Waals surface area contributed by atoms with E-state index in [1.807, 2.05) is 131 Å². The lowest BCUT2D eigenvalue weighted by molar-refractivity contribution is -0.153. The smallest absolute Gasteiger partial charge is 0.336 e. The number of halogens is 2. The first kappa shape index (κ1) is 95.8. The number of anilines is 3. The highest BCUT2D eigenvalue weighted by molar-refractivity contribution is 5.99. The fourth-order valence-electron chi connectivity index (χ4n) is 17.9. The quantitative estimate of drug-likeness (QED) is 0.0210. The zero-order valence-corrected chi connectivity index (χ0v) is 75.5. The molecular weight excluding hydrogens is 1790 g/mol. The van der Waals surface area contributed by atoms with Gasteiger partial charge in [-0.25, -0.2) is 82.4 Å². The van der Waals surface area contributed by atoms with Crippen molar-refractivity contribution in [3.05, 3.63) is 263 Å². The van der Waals surface area contributed by atoms with E-state index in [-0.39, 0.29) is 101 Å². The number of fused-ring (bicyclic) bond motifs is 6. The van der Waals surface area contributed by atoms with Gasteiger partial charge in [0.25, 0.3) is 0 Å². The lowest BCUT2D eigenvalue weighted by Crippen LogP contribution is -2.41. The number of imidazole rings is 3. The van der Waals surface area contributed by atoms with Crippen molar-refractivity contribution < 1.29 is 100 Å². The second-order valence-corrected chi connectivity index (χ2v) is 33.4. The Hall–Kier alpha value is -15.3. The van der Waals surface area contributed by atoms with Crippen LogP contribution in [-0.2, 0) is 66.8 Å². The summed E-state index contributed by atoms with van der Waals surface area (Å²) in [6.45, 7) is 7.39. The van der Waals surface area contributed by atoms with Crippen molar-refractivity contribution >= 4 is 117 Å². The lowest BCUT2D eigenvalue weighted by atomic mass is 10.0. The maximum Gasteiger partial charge on any atom is 0.336 e. The summed E-state index contributed by atoms with van der Waals surface area (Å²) in [6, 6.07) is 41.1. The molecule has 10 heterocycles. The molecule has 6 aromatic carbocycles. The van der Waals surface area contributed by atoms with Gasteiger partial charge in [-0.05, 0) is 92.8 Å². The van der Waals surface area contributed by atoms with Crippen molar-refractivity contribution in [3.8, 4) is 0 Å². The standard InChI is InChI=1S/C33H34FN7O6.C33H35N7O6.C30H30FN7O7/c1-3-35-33(45)39-30-27-31(37-17-36-30)41(18-38-27)24-14-20(28-29(24)47-26(46-28)13-12-19-8-5-4-6-9-19)16-40(2)25(42)15-22-21(32(43)44)10-7-11-23(22)34;1-3-34-33(44)38-30-27-31(36-18-35-30)40(19-37-27)24-15-22(17-39(2)25(41)16-21-11-7-8-12-23(21)32(42)43)28-29(24)46-26(45-28)14-13-20-9-5-4-6-10-20;1-3-32-30(42)36-25-22-26(34-14-33-25)38(15-35-22)27-24-23(44-29(45-24)16-8-5-4-6-9-16)20(43-27)13-37(2)21(39)12-18-17(28(40)41)10-7-11-19(18)31/h4-13,17-18,20,24,26,28-29H,3,14-16H2,1-2H3,(H,43,44)(H2,35,36,37,39,45);4-14,18-19,22,24,26,28-29H,3,15-17H2,1-2H3,(H,42,43)(H2,34,35,36,38,44);4-11,14-15,20,23-24,27,29H,3,12-13H2,1-2H3,(H,40,41)(H2,32,33,34,36,42)/b13-12+;14-13+;/t20?,24?,26-,28?,29?;22?,24?,26-,28?,29?;20?,23?,24?,27?,29-/m000/s1. The van der Waals surface area contributed by atoms with Crippen LogP contribution in [0.25, 0.3) is 45.6 Å². The first-order chi connectivity index (χ1) is 66.8. The monoisotopic (exact) mass is 1890 g/mol. The Morgan fingerprint density at radius 2 is 0.783 bits per heavy atom. The first-order valence-electron chi connectivity index (χ1n) is 44.6. The van der Waals surface area contributed by atoms with Gasteiger partial charge in [0, 0.05) is 88.9 Å². The number of likely N-dealkylation sites (N-methyl/N-ethyl adjacent to an activating group) is 3. The minimum Gasteiger partial charge on any atom is -0.478 e. The Morgan fingerprint density at radius 3 is 1.22 bits per heavy atom. The Balaban J connectivity index is 0.000000150. The van der Waals surface area contributed by atoms with Gasteiger partial charge < -0.3 is 88.3 Å². The fourth-order valence-corrected chi connectivity index (χ4v) is 17.9. The number of aromatic nitrogens is 12. The molecule has 0 spiro atoms. The Kier molecular flexibility index (Phi) is 29.9. The third-order valence-electron chi connectivity index (χ3n) is 24.5. The van der Waals surface area contributed by atoms with Crippen LogP contribution in [0.5, 0.6) is 0 Å². The van der Waals surface area contributed by atoms with Gasteiger partial charge in [0.05, 0.1) is 79.2 Å². The minimum absolute atomic E-state index is 0.0316. The molecular formula is C96H99F2N21O19. The molecule has 138 heavy (non-hydrogen) atoms. The van der Waals surface area contributed by atoms with Crippen LogP contribution in [0.2, 0.25) is 0 Å². The van der Waals surface area contributed by atoms with E-state index in [0.29, 0.717) is 83.9 Å². The highest BCUT2D eigenvalue weighted by Crippen LogP contribution is 2.49. The average molecular weight is 1890 g/mol. The van der Waals surface area contributed by atoms with E-state index in [1.54, 1.807) is 68.3 Å². The first-order valence-corrected chi connectivity index (χ1v) is 44.6. The van der Waals surface area contributed by atoms with Gasteiger partial charge >= 0.3 is 36.0 Å². The summed E-state index contributed by atoms with van der Waals surface area (Å²) in [5.41, 5.74) is 5.06. The van der Waals surface area contributed by atoms with Gasteiger partial charge in [-0.3, -0.25) is 34.9 Å². The van der Waals surface area contributed by atoms with E-state index in [9.17, 15) is 67.3 Å². The highest BCUT2D eigenvalue weighted by atomic mass is 19.1. The van der Waals surface area contributed by atoms with E-state index in [4.69, 9.17) is 33.2 Å². The van der Waals surface area contributed by atoms with Gasteiger partial charge in [0.1, 0.15) is 61.1 Å². The van der Waals surface area contributed by atoms with Gasteiger partial charge in [-0.2, -0.15) is 0 Å². The molecule has 42 heteroatoms. The van der Waals surface area contributed by atoms with Crippen LogP contribution in [-0.4, -0.2) is 258 Å². The van der Waals surface area contributed by atoms with Crippen molar-refractivity contribution in [2.45, 2.75) is 133 Å². The summed E-state index contributed by atoms with van der Waals surface area (Å²) in [7, 11) is 4.85. The molecule has 12 aromatic rings. The predicted octanol–water partition coefficient (Wildman–Crippen LogP) is 10.5. The number of carbonyl (C=O) groups is 9. The molecule has 2 saturated carbocycles. The summed E-state index contributed by atoms with van der Waals surface area (Å²) in [5.74, 6) is -5.91. The molecule has 4 aliphatic heterocycles. The van der Waals surface area contributed by atoms with E-state index in [2.05, 4.69) is 76.8 Å². The molecule has 9 N–H and O–H groups in total. The summed E-state index contributed by atoms with van der Waals surface area (Å²) >= 11 is 0. The normalized spacial score (nSPS) is 22.1. The molecule has 0 bridgehead atoms. The molecule has 6 aromatic heterocycles. The van der Waals surface area contributed by atoms with Crippen molar-refractivity contribution in [2.24, 2.45) is 11.8 Å². The number of nitrogens with one attached hydrogen (secondary N) is 6. The second kappa shape index (κ2) is 43.1. The second-order valence-electron chi connectivity index (χ2n) is 33.4. The summed E-state index contributed by atoms with van der Waals surface area (Å²) < 4.78 is 79.6. The fraction of sp³-hybridized carbons (Fsp3) is 0.333. The van der Waals surface area contributed by atoms with E-state index in [0.717, 1.165) is 28.8 Å². The molecule has 6 aliphatic rings. The molecule has 2 aliphatic carbocycles. The number of urea groups is 3. The Bertz CT molecular complexity index is 6540. The van der Waals surface area contributed by atoms with Crippen LogP contribution in [0.15, 0.2) is 202 Å². The molecule has 6 fully saturated rings. The summed E-state index contributed by atoms with van der Waals surface area (Å²) in [4.78, 5) is 155. The zero-order valence-electron chi connectivity index (χ0n) is 75.5. The molecule has 40 nitrogen and oxygen atoms in total. The SMILES string of the molecule is CCNC(=O)Nc1ncnc2c1ncn2C1CC(CN(C)C(=O)Cc2c(F)cccc2C(=O)O)C2O[C@H](/C=C/c3ccccc3)OC21.CCNC(=O)Nc1ncnc2c1ncn2C1CC(CN(C)C(=O)Cc2ccccc2C(=O)O)C2O[C@H](/C=C/c3ccccc3)OC21.CCNC(=O)Nc1ncnc2c1ncn2C1OC(CN(C)C(=O)Cc2c(F)cccc2C(=O)O)C2O[C@H](c3ccccc3)OC21. The van der Waals surface area contributed by atoms with Crippen molar-refractivity contribution in [2.75, 3.05) is 76.4 Å². The maximum absolute atomic E-state index is 14.6. The number of carboxylic acid groups (broad SMARTS) is 3. The predicted molar refractivity (Wildman–Crippen MR) is 493 cm³/mol. The van der Waals surface area contributed by atoms with Gasteiger partial charge in [0.2, 0.25) is 17.7 Å². The van der Waals surface area contributed by atoms with Gasteiger partial charge in [0.15, 0.2) is 76.0 Å². The Labute approximate surface area is 787 Å². The zero-order chi connectivity index (χ0) is 97.0. The average Bonchev–Trinajstić information content (AvgIpc) is 1.60. The number of ether oxygens (including phenoxy) is 7. The number of hydrogen-bond donors (Lipinski definition) is 9. The number of aromatic carboxylic acids is 3. The topological polar surface area (TPSA) is 492 Å². The van der Waals surface area contributed by atoms with Crippen LogP contribution >= 0.6 is 0 Å². The van der Waals surface area contributed by atoms with Crippen LogP contribution in [0.4, 0.5) is 40.6 Å². The van der Waals surface area contributed by atoms with Crippen LogP contribution in [0, 0.1) is 23.5 Å². The summed E-state index contributed by atoms with van der Waals surface area (Å²) in [6.07, 6.45) is 10.3. The molecule has 9 amide bonds. The number of benzene rings is 6. The third-order valence-corrected chi connectivity index (χ3v) is 24.5.